The summed E-state index contributed by atoms with van der Waals surface area (Å²) in [6.45, 7) is 0.126. The van der Waals surface area contributed by atoms with Gasteiger partial charge in [-0.1, -0.05) is 60.7 Å². The Bertz CT molecular complexity index is 2710. The van der Waals surface area contributed by atoms with Gasteiger partial charge in [0.25, 0.3) is 0 Å². The number of hydrogen-bond acceptors (Lipinski definition) is 8. The third kappa shape index (κ3) is 7.95. The largest absolute Gasteiger partial charge is 0.497 e. The molecule has 0 bridgehead atoms. The number of nitrogens with zero attached hydrogens (tertiary/aromatic N) is 6. The van der Waals surface area contributed by atoms with Crippen molar-refractivity contribution in [3.05, 3.63) is 167 Å². The SMILES string of the molecule is COc1ccc(-c2ccc3c(c2)C(c2cccc(C#N)c2)=NCC(=O)N3C)cc1.COc1cccc(-c2ccc3c(c2)C(c2cccc(C#N)c2)=NCC(=O)N3C)c1. The number of anilines is 2. The van der Waals surface area contributed by atoms with Crippen molar-refractivity contribution in [2.45, 2.75) is 0 Å². The number of rotatable bonds is 6. The van der Waals surface area contributed by atoms with Crippen molar-refractivity contribution in [3.8, 4) is 45.9 Å². The van der Waals surface area contributed by atoms with Crippen molar-refractivity contribution >= 4 is 34.6 Å². The Kier molecular flexibility index (Phi) is 11.2. The maximum absolute atomic E-state index is 12.5. The fraction of sp³-hybridized carbons (Fsp3) is 0.125. The Labute approximate surface area is 337 Å². The van der Waals surface area contributed by atoms with Crippen LogP contribution in [0.15, 0.2) is 143 Å². The lowest BCUT2D eigenvalue weighted by molar-refractivity contribution is -0.117. The molecular formula is C48H38N6O4. The molecule has 0 aromatic heterocycles. The van der Waals surface area contributed by atoms with Crippen molar-refractivity contribution in [3.63, 3.8) is 0 Å². The van der Waals surface area contributed by atoms with Gasteiger partial charge in [-0.2, -0.15) is 10.5 Å². The second kappa shape index (κ2) is 16.9. The summed E-state index contributed by atoms with van der Waals surface area (Å²) < 4.78 is 10.6. The van der Waals surface area contributed by atoms with Crippen molar-refractivity contribution in [2.75, 3.05) is 51.2 Å². The number of fused-ring (bicyclic) bond motifs is 2. The Hall–Kier alpha value is -7.82. The molecule has 2 amide bonds. The van der Waals surface area contributed by atoms with Gasteiger partial charge in [0.2, 0.25) is 11.8 Å². The third-order valence-electron chi connectivity index (χ3n) is 10.1. The highest BCUT2D eigenvalue weighted by molar-refractivity contribution is 6.21. The van der Waals surface area contributed by atoms with Crippen LogP contribution in [0.3, 0.4) is 0 Å². The Morgan fingerprint density at radius 3 is 1.41 bits per heavy atom. The predicted octanol–water partition coefficient (Wildman–Crippen LogP) is 8.10. The number of ether oxygens (including phenoxy) is 2. The lowest BCUT2D eigenvalue weighted by Gasteiger charge is -2.19. The smallest absolute Gasteiger partial charge is 0.248 e. The number of benzodiazepines with no additional fused rings is 2. The zero-order valence-corrected chi connectivity index (χ0v) is 32.4. The highest BCUT2D eigenvalue weighted by Gasteiger charge is 2.25. The number of methoxy groups -OCH3 is 2. The molecule has 8 rings (SSSR count). The van der Waals surface area contributed by atoms with Crippen molar-refractivity contribution in [1.29, 1.82) is 10.5 Å². The molecule has 0 radical (unpaired) electrons. The van der Waals surface area contributed by atoms with Crippen LogP contribution in [0.5, 0.6) is 11.5 Å². The first kappa shape index (κ1) is 38.5. The van der Waals surface area contributed by atoms with E-state index >= 15 is 0 Å². The Morgan fingerprint density at radius 2 is 0.931 bits per heavy atom. The van der Waals surface area contributed by atoms with E-state index in [0.717, 1.165) is 67.4 Å². The molecule has 0 N–H and O–H groups in total. The number of amides is 2. The van der Waals surface area contributed by atoms with Gasteiger partial charge in [-0.3, -0.25) is 19.6 Å². The summed E-state index contributed by atoms with van der Waals surface area (Å²) in [6.07, 6.45) is 0. The number of aliphatic imine (C=N–C) groups is 2. The van der Waals surface area contributed by atoms with E-state index in [1.165, 1.54) is 0 Å². The fourth-order valence-electron chi connectivity index (χ4n) is 6.89. The zero-order valence-electron chi connectivity index (χ0n) is 32.4. The first-order valence-corrected chi connectivity index (χ1v) is 18.4. The van der Waals surface area contributed by atoms with E-state index < -0.39 is 0 Å². The second-order valence-corrected chi connectivity index (χ2v) is 13.5. The molecule has 6 aromatic rings. The van der Waals surface area contributed by atoms with E-state index in [0.29, 0.717) is 22.6 Å². The first-order valence-electron chi connectivity index (χ1n) is 18.4. The number of nitriles is 2. The minimum atomic E-state index is -0.0770. The Morgan fingerprint density at radius 1 is 0.500 bits per heavy atom. The van der Waals surface area contributed by atoms with Gasteiger partial charge in [-0.25, -0.2) is 0 Å². The van der Waals surface area contributed by atoms with Gasteiger partial charge in [0.15, 0.2) is 0 Å². The summed E-state index contributed by atoms with van der Waals surface area (Å²) in [4.78, 5) is 37.4. The molecule has 0 atom stereocenters. The monoisotopic (exact) mass is 762 g/mol. The lowest BCUT2D eigenvalue weighted by Crippen LogP contribution is -2.27. The quantitative estimate of drug-likeness (QED) is 0.169. The van der Waals surface area contributed by atoms with Crippen LogP contribution in [0.25, 0.3) is 22.3 Å². The van der Waals surface area contributed by atoms with Gasteiger partial charge in [-0.05, 0) is 95.1 Å². The van der Waals surface area contributed by atoms with Crippen LogP contribution in [0.1, 0.15) is 33.4 Å². The number of carbonyl (C=O) groups is 2. The fourth-order valence-corrected chi connectivity index (χ4v) is 6.89. The minimum absolute atomic E-state index is 0.0613. The lowest BCUT2D eigenvalue weighted by atomic mass is 9.95. The molecule has 0 saturated carbocycles. The molecule has 10 heteroatoms. The molecule has 284 valence electrons. The van der Waals surface area contributed by atoms with E-state index in [1.807, 2.05) is 109 Å². The van der Waals surface area contributed by atoms with E-state index in [-0.39, 0.29) is 24.9 Å². The molecule has 0 unspecified atom stereocenters. The van der Waals surface area contributed by atoms with Crippen LogP contribution in [0, 0.1) is 22.7 Å². The molecule has 2 heterocycles. The predicted molar refractivity (Wildman–Crippen MR) is 227 cm³/mol. The summed E-state index contributed by atoms with van der Waals surface area (Å²) in [5.41, 5.74) is 11.5. The number of likely N-dealkylation sites (N-methyl/N-ethyl adjacent to an activating group) is 2. The van der Waals surface area contributed by atoms with Gasteiger partial charge in [0, 0.05) is 36.3 Å². The molecule has 2 aliphatic heterocycles. The van der Waals surface area contributed by atoms with Gasteiger partial charge < -0.3 is 19.3 Å². The molecule has 0 spiro atoms. The summed E-state index contributed by atoms with van der Waals surface area (Å²) >= 11 is 0. The van der Waals surface area contributed by atoms with E-state index in [1.54, 1.807) is 62.4 Å². The van der Waals surface area contributed by atoms with Crippen molar-refractivity contribution < 1.29 is 19.1 Å². The highest BCUT2D eigenvalue weighted by atomic mass is 16.5. The van der Waals surface area contributed by atoms with Crippen molar-refractivity contribution in [2.24, 2.45) is 9.98 Å². The first-order chi connectivity index (χ1) is 28.2. The summed E-state index contributed by atoms with van der Waals surface area (Å²) in [7, 11) is 6.81. The van der Waals surface area contributed by atoms with Gasteiger partial charge in [0.1, 0.15) is 24.6 Å². The average Bonchev–Trinajstić information content (AvgIpc) is 3.49. The van der Waals surface area contributed by atoms with Crippen LogP contribution in [-0.2, 0) is 9.59 Å². The van der Waals surface area contributed by atoms with E-state index in [4.69, 9.17) is 9.47 Å². The molecule has 2 aliphatic rings. The average molecular weight is 763 g/mol. The maximum atomic E-state index is 12.5. The number of hydrogen-bond donors (Lipinski definition) is 0. The Balaban J connectivity index is 0.000000177. The second-order valence-electron chi connectivity index (χ2n) is 13.5. The summed E-state index contributed by atoms with van der Waals surface area (Å²) in [5.74, 6) is 1.42. The molecule has 6 aromatic carbocycles. The van der Waals surface area contributed by atoms with Crippen LogP contribution in [-0.4, -0.2) is 64.6 Å². The van der Waals surface area contributed by atoms with E-state index in [2.05, 4.69) is 22.1 Å². The third-order valence-corrected chi connectivity index (χ3v) is 10.1. The van der Waals surface area contributed by atoms with Crippen LogP contribution >= 0.6 is 0 Å². The topological polar surface area (TPSA) is 131 Å². The zero-order chi connectivity index (χ0) is 40.8. The molecule has 0 saturated heterocycles. The molecule has 10 nitrogen and oxygen atoms in total. The van der Waals surface area contributed by atoms with Gasteiger partial charge >= 0.3 is 0 Å². The number of benzene rings is 6. The molecule has 0 fully saturated rings. The maximum Gasteiger partial charge on any atom is 0.248 e. The number of carbonyl (C=O) groups excluding carboxylic acids is 2. The normalized spacial score (nSPS) is 13.2. The molecule has 0 aliphatic carbocycles. The van der Waals surface area contributed by atoms with Gasteiger partial charge in [0.05, 0.1) is 60.3 Å². The van der Waals surface area contributed by atoms with E-state index in [9.17, 15) is 20.1 Å². The standard InChI is InChI=1S/2C24H19N3O2/c1-27-22-10-9-18(17-6-4-8-20(12-17)29-2)13-21(22)24(26-15-23(27)28)19-7-3-5-16(11-19)14-25;1-27-22-11-8-18(17-6-9-20(29-2)10-7-17)13-21(22)24(26-15-23(27)28)19-5-3-4-16(12-19)14-25/h2*3-13H,15H2,1-2H3. The van der Waals surface area contributed by atoms with Crippen LogP contribution < -0.4 is 19.3 Å². The summed E-state index contributed by atoms with van der Waals surface area (Å²) in [6, 6.07) is 46.6. The molecule has 58 heavy (non-hydrogen) atoms. The highest BCUT2D eigenvalue weighted by Crippen LogP contribution is 2.34. The van der Waals surface area contributed by atoms with Gasteiger partial charge in [-0.15, -0.1) is 0 Å². The van der Waals surface area contributed by atoms with Crippen LogP contribution in [0.2, 0.25) is 0 Å². The minimum Gasteiger partial charge on any atom is -0.497 e. The summed E-state index contributed by atoms with van der Waals surface area (Å²) in [5, 5.41) is 18.5. The van der Waals surface area contributed by atoms with Crippen LogP contribution in [0.4, 0.5) is 11.4 Å². The van der Waals surface area contributed by atoms with Crippen molar-refractivity contribution in [1.82, 2.24) is 0 Å². The molecular weight excluding hydrogens is 725 g/mol.